The van der Waals surface area contributed by atoms with Crippen LogP contribution in [0.15, 0.2) is 47.4 Å². The summed E-state index contributed by atoms with van der Waals surface area (Å²) in [6.45, 7) is 6.33. The summed E-state index contributed by atoms with van der Waals surface area (Å²) >= 11 is 0. The summed E-state index contributed by atoms with van der Waals surface area (Å²) in [5.74, 6) is -0.729. The van der Waals surface area contributed by atoms with Crippen molar-refractivity contribution in [2.75, 3.05) is 32.8 Å². The zero-order valence-electron chi connectivity index (χ0n) is 22.7. The van der Waals surface area contributed by atoms with Crippen LogP contribution in [0.4, 0.5) is 0 Å². The van der Waals surface area contributed by atoms with Crippen LogP contribution in [0.25, 0.3) is 10.9 Å². The number of hydrogen-bond acceptors (Lipinski definition) is 6. The third kappa shape index (κ3) is 4.71. The van der Waals surface area contributed by atoms with E-state index >= 15 is 0 Å². The first kappa shape index (κ1) is 27.0. The first-order valence-corrected chi connectivity index (χ1v) is 15.5. The lowest BCUT2D eigenvalue weighted by atomic mass is 9.97. The second kappa shape index (κ2) is 10.6. The van der Waals surface area contributed by atoms with Gasteiger partial charge < -0.3 is 14.7 Å². The number of carbonyl (C=O) groups excluding carboxylic acids is 1. The van der Waals surface area contributed by atoms with Gasteiger partial charge in [-0.3, -0.25) is 9.69 Å². The highest BCUT2D eigenvalue weighted by Gasteiger charge is 2.35. The number of carbonyl (C=O) groups is 2. The molecule has 1 amide bonds. The van der Waals surface area contributed by atoms with E-state index in [1.54, 1.807) is 18.2 Å². The Bertz CT molecular complexity index is 1570. The fourth-order valence-corrected chi connectivity index (χ4v) is 8.26. The van der Waals surface area contributed by atoms with E-state index in [1.165, 1.54) is 22.2 Å². The molecule has 0 radical (unpaired) electrons. The summed E-state index contributed by atoms with van der Waals surface area (Å²) in [5, 5.41) is 10.5. The maximum atomic E-state index is 14.2. The number of piperidine rings is 1. The zero-order chi connectivity index (χ0) is 28.0. The van der Waals surface area contributed by atoms with E-state index in [2.05, 4.69) is 11.8 Å². The second-order valence-electron chi connectivity index (χ2n) is 11.3. The number of likely N-dealkylation sites (tertiary alicyclic amines) is 1. The third-order valence-corrected chi connectivity index (χ3v) is 10.6. The molecule has 3 aliphatic rings. The highest BCUT2D eigenvalue weighted by molar-refractivity contribution is 7.90. The molecule has 0 aliphatic carbocycles. The van der Waals surface area contributed by atoms with Crippen LogP contribution in [0.1, 0.15) is 64.6 Å². The van der Waals surface area contributed by atoms with Gasteiger partial charge in [0.15, 0.2) is 0 Å². The van der Waals surface area contributed by atoms with Crippen molar-refractivity contribution in [1.29, 1.82) is 0 Å². The fourth-order valence-electron chi connectivity index (χ4n) is 6.47. The Kier molecular flexibility index (Phi) is 7.18. The maximum absolute atomic E-state index is 14.2. The maximum Gasteiger partial charge on any atom is 0.337 e. The van der Waals surface area contributed by atoms with E-state index < -0.39 is 16.0 Å². The number of hydrogen-bond donors (Lipinski definition) is 1. The van der Waals surface area contributed by atoms with Crippen molar-refractivity contribution in [3.63, 3.8) is 0 Å². The molecule has 0 saturated carbocycles. The molecule has 1 aromatic heterocycles. The Balaban J connectivity index is 1.48. The highest BCUT2D eigenvalue weighted by Crippen LogP contribution is 2.37. The number of benzene rings is 2. The molecule has 2 fully saturated rings. The van der Waals surface area contributed by atoms with Crippen LogP contribution < -0.4 is 0 Å². The predicted molar refractivity (Wildman–Crippen MR) is 150 cm³/mol. The van der Waals surface area contributed by atoms with Gasteiger partial charge in [-0.25, -0.2) is 17.2 Å². The molecule has 2 saturated heterocycles. The van der Waals surface area contributed by atoms with Gasteiger partial charge in [0, 0.05) is 68.5 Å². The van der Waals surface area contributed by atoms with E-state index in [0.717, 1.165) is 49.7 Å². The van der Waals surface area contributed by atoms with E-state index in [9.17, 15) is 23.1 Å². The molecule has 9 nitrogen and oxygen atoms in total. The van der Waals surface area contributed by atoms with Crippen molar-refractivity contribution in [3.8, 4) is 0 Å². The van der Waals surface area contributed by atoms with Gasteiger partial charge in [0.05, 0.1) is 11.1 Å². The molecule has 0 atom stereocenters. The van der Waals surface area contributed by atoms with E-state index in [-0.39, 0.29) is 16.4 Å². The average molecular weight is 566 g/mol. The number of aromatic carboxylic acids is 1. The molecule has 3 aliphatic heterocycles. The smallest absolute Gasteiger partial charge is 0.337 e. The Hall–Kier alpha value is -3.21. The quantitative estimate of drug-likeness (QED) is 0.498. The van der Waals surface area contributed by atoms with Crippen molar-refractivity contribution in [1.82, 2.24) is 13.8 Å². The molecule has 0 unspecified atom stereocenters. The zero-order valence-corrected chi connectivity index (χ0v) is 23.5. The summed E-state index contributed by atoms with van der Waals surface area (Å²) in [5.41, 5.74) is 2.32. The number of fused-ring (bicyclic) bond motifs is 3. The topological polar surface area (TPSA) is 109 Å². The van der Waals surface area contributed by atoms with Crippen LogP contribution in [-0.4, -0.2) is 78.1 Å². The Morgan fingerprint density at radius 3 is 2.42 bits per heavy atom. The summed E-state index contributed by atoms with van der Waals surface area (Å²) < 4.78 is 35.3. The summed E-state index contributed by atoms with van der Waals surface area (Å²) in [6, 6.07) is 11.4. The van der Waals surface area contributed by atoms with Crippen LogP contribution in [0.5, 0.6) is 0 Å². The Morgan fingerprint density at radius 2 is 1.70 bits per heavy atom. The van der Waals surface area contributed by atoms with E-state index in [0.29, 0.717) is 61.5 Å². The molecule has 10 heteroatoms. The molecular formula is C30H35N3O6S. The Labute approximate surface area is 234 Å². The van der Waals surface area contributed by atoms with E-state index in [4.69, 9.17) is 4.74 Å². The minimum Gasteiger partial charge on any atom is -0.478 e. The lowest BCUT2D eigenvalue weighted by molar-refractivity contribution is 0.0290. The predicted octanol–water partition coefficient (Wildman–Crippen LogP) is 3.99. The first-order chi connectivity index (χ1) is 19.3. The molecule has 4 heterocycles. The SMILES string of the molecule is CC1CCN(C(=O)c2ccc3c(c2)c2c(n3S(=O)(=O)c3ccccc3C(=O)O)CCN(C3CCOCC3)C2)CC1. The number of carboxylic acid groups (broad SMARTS) is 1. The van der Waals surface area contributed by atoms with Crippen molar-refractivity contribution >= 4 is 32.8 Å². The molecule has 0 spiro atoms. The molecule has 212 valence electrons. The fraction of sp³-hybridized carbons (Fsp3) is 0.467. The second-order valence-corrected chi connectivity index (χ2v) is 13.0. The lowest BCUT2D eigenvalue weighted by Crippen LogP contribution is -2.42. The number of amides is 1. The van der Waals surface area contributed by atoms with Crippen LogP contribution in [0, 0.1) is 5.92 Å². The average Bonchev–Trinajstić information content (AvgIpc) is 3.31. The van der Waals surface area contributed by atoms with Crippen molar-refractivity contribution < 1.29 is 27.9 Å². The van der Waals surface area contributed by atoms with Gasteiger partial charge in [-0.2, -0.15) is 0 Å². The number of nitrogens with zero attached hydrogens (tertiary/aromatic N) is 3. The number of ether oxygens (including phenoxy) is 1. The minimum atomic E-state index is -4.24. The van der Waals surface area contributed by atoms with Gasteiger partial charge in [-0.05, 0) is 67.5 Å². The van der Waals surface area contributed by atoms with Crippen molar-refractivity contribution in [2.45, 2.75) is 56.5 Å². The summed E-state index contributed by atoms with van der Waals surface area (Å²) in [6.07, 6.45) is 4.30. The first-order valence-electron chi connectivity index (χ1n) is 14.1. The molecule has 3 aromatic rings. The molecule has 0 bridgehead atoms. The standard InChI is InChI=1S/C30H35N3O6S/c1-20-8-13-31(14-9-20)29(34)21-6-7-26-24(18-21)25-19-32(22-11-16-39-17-12-22)15-10-27(25)33(26)40(37,38)28-5-3-2-4-23(28)30(35)36/h2-7,18,20,22H,8-17,19H2,1H3,(H,35,36). The monoisotopic (exact) mass is 565 g/mol. The van der Waals surface area contributed by atoms with Gasteiger partial charge in [0.2, 0.25) is 0 Å². The van der Waals surface area contributed by atoms with Gasteiger partial charge >= 0.3 is 5.97 Å². The van der Waals surface area contributed by atoms with Gasteiger partial charge in [-0.1, -0.05) is 19.1 Å². The molecule has 6 rings (SSSR count). The van der Waals surface area contributed by atoms with E-state index in [1.807, 2.05) is 11.0 Å². The molecule has 2 aromatic carbocycles. The van der Waals surface area contributed by atoms with Gasteiger partial charge in [0.1, 0.15) is 4.90 Å². The van der Waals surface area contributed by atoms with Crippen molar-refractivity contribution in [3.05, 3.63) is 64.8 Å². The molecule has 1 N–H and O–H groups in total. The summed E-state index contributed by atoms with van der Waals surface area (Å²) in [7, 11) is -4.24. The van der Waals surface area contributed by atoms with Gasteiger partial charge in [0.25, 0.3) is 15.9 Å². The van der Waals surface area contributed by atoms with Crippen LogP contribution in [0.3, 0.4) is 0 Å². The number of aromatic nitrogens is 1. The highest BCUT2D eigenvalue weighted by atomic mass is 32.2. The minimum absolute atomic E-state index is 0.0357. The lowest BCUT2D eigenvalue weighted by Gasteiger charge is -2.37. The number of carboxylic acids is 1. The van der Waals surface area contributed by atoms with Crippen LogP contribution in [-0.2, 0) is 27.7 Å². The third-order valence-electron chi connectivity index (χ3n) is 8.79. The van der Waals surface area contributed by atoms with Crippen molar-refractivity contribution in [2.24, 2.45) is 5.92 Å². The normalized spacial score (nSPS) is 19.6. The molecular weight excluding hydrogens is 530 g/mol. The van der Waals surface area contributed by atoms with Gasteiger partial charge in [-0.15, -0.1) is 0 Å². The summed E-state index contributed by atoms with van der Waals surface area (Å²) in [4.78, 5) is 29.5. The largest absolute Gasteiger partial charge is 0.478 e. The van der Waals surface area contributed by atoms with Crippen LogP contribution >= 0.6 is 0 Å². The Morgan fingerprint density at radius 1 is 0.975 bits per heavy atom. The number of rotatable bonds is 5. The molecule has 40 heavy (non-hydrogen) atoms. The van der Waals surface area contributed by atoms with Crippen LogP contribution in [0.2, 0.25) is 0 Å².